The van der Waals surface area contributed by atoms with Crippen molar-refractivity contribution >= 4 is 29.9 Å². The first-order chi connectivity index (χ1) is 13.4. The molecule has 0 aliphatic heterocycles. The summed E-state index contributed by atoms with van der Waals surface area (Å²) in [5.41, 5.74) is 17.4. The first kappa shape index (κ1) is 20.6. The van der Waals surface area contributed by atoms with Gasteiger partial charge in [0.25, 0.3) is 0 Å². The van der Waals surface area contributed by atoms with Gasteiger partial charge in [-0.2, -0.15) is 5.10 Å². The van der Waals surface area contributed by atoms with Crippen molar-refractivity contribution in [3.8, 4) is 0 Å². The second-order valence-electron chi connectivity index (χ2n) is 6.18. The number of fused-ring (bicyclic) bond motifs is 1. The molecular weight excluding hydrogens is 348 g/mol. The molecule has 2 rings (SSSR count). The van der Waals surface area contributed by atoms with Crippen LogP contribution in [0.4, 0.5) is 0 Å². The number of hydrogen-bond acceptors (Lipinski definition) is 5. The van der Waals surface area contributed by atoms with Gasteiger partial charge >= 0.3 is 0 Å². The molecule has 0 bridgehead atoms. The molecule has 6 nitrogen and oxygen atoms in total. The molecular formula is C22H26N6. The normalized spacial score (nSPS) is 13.6. The number of aromatic nitrogens is 2. The molecule has 1 aromatic heterocycles. The van der Waals surface area contributed by atoms with E-state index in [-0.39, 0.29) is 5.70 Å². The Morgan fingerprint density at radius 2 is 2.00 bits per heavy atom. The minimum atomic E-state index is 0.235. The van der Waals surface area contributed by atoms with E-state index < -0.39 is 0 Å². The lowest BCUT2D eigenvalue weighted by Gasteiger charge is -2.16. The van der Waals surface area contributed by atoms with Crippen molar-refractivity contribution in [3.63, 3.8) is 0 Å². The van der Waals surface area contributed by atoms with Gasteiger partial charge in [-0.15, -0.1) is 0 Å². The quantitative estimate of drug-likeness (QED) is 0.477. The predicted molar refractivity (Wildman–Crippen MR) is 120 cm³/mol. The van der Waals surface area contributed by atoms with Crippen LogP contribution in [0.15, 0.2) is 82.0 Å². The highest BCUT2D eigenvalue weighted by Crippen LogP contribution is 2.33. The summed E-state index contributed by atoms with van der Waals surface area (Å²) in [5.74, 6) is 0. The summed E-state index contributed by atoms with van der Waals surface area (Å²) < 4.78 is 0. The first-order valence-electron chi connectivity index (χ1n) is 8.84. The molecule has 144 valence electrons. The van der Waals surface area contributed by atoms with E-state index in [9.17, 15) is 0 Å². The zero-order chi connectivity index (χ0) is 20.7. The number of aryl methyl sites for hydroxylation is 1. The van der Waals surface area contributed by atoms with Crippen molar-refractivity contribution in [2.75, 3.05) is 0 Å². The number of nitrogens with zero attached hydrogens (tertiary/aromatic N) is 3. The monoisotopic (exact) mass is 374 g/mol. The number of aromatic amines is 1. The maximum atomic E-state index is 6.49. The number of nitrogens with two attached hydrogens (primary N) is 2. The Morgan fingerprint density at radius 1 is 1.25 bits per heavy atom. The summed E-state index contributed by atoms with van der Waals surface area (Å²) in [6.45, 7) is 15.1. The van der Waals surface area contributed by atoms with Gasteiger partial charge in [-0.05, 0) is 56.1 Å². The molecule has 1 heterocycles. The fraction of sp³-hybridized carbons (Fsp3) is 0.136. The number of rotatable bonds is 8. The van der Waals surface area contributed by atoms with E-state index in [1.54, 1.807) is 6.20 Å². The van der Waals surface area contributed by atoms with Gasteiger partial charge in [-0.1, -0.05) is 31.7 Å². The summed E-state index contributed by atoms with van der Waals surface area (Å²) in [5, 5.41) is 8.06. The number of benzene rings is 1. The van der Waals surface area contributed by atoms with E-state index in [2.05, 4.69) is 47.1 Å². The van der Waals surface area contributed by atoms with Gasteiger partial charge < -0.3 is 11.5 Å². The lowest BCUT2D eigenvalue weighted by molar-refractivity contribution is 1.12. The fourth-order valence-corrected chi connectivity index (χ4v) is 2.85. The van der Waals surface area contributed by atoms with Crippen LogP contribution in [0.2, 0.25) is 0 Å². The SMILES string of the molecule is C=NC(=C\C=C/CC)/C=C(\C(N)=C(/N=C)C(=C)N)c1c(C)ccc2[nH]ncc12. The van der Waals surface area contributed by atoms with Crippen molar-refractivity contribution < 1.29 is 0 Å². The molecule has 1 aromatic carbocycles. The minimum Gasteiger partial charge on any atom is -0.397 e. The molecule has 2 aromatic rings. The van der Waals surface area contributed by atoms with Crippen molar-refractivity contribution in [1.82, 2.24) is 10.2 Å². The summed E-state index contributed by atoms with van der Waals surface area (Å²) in [6, 6.07) is 3.97. The van der Waals surface area contributed by atoms with Gasteiger partial charge in [-0.3, -0.25) is 15.1 Å². The van der Waals surface area contributed by atoms with Crippen LogP contribution in [0.3, 0.4) is 0 Å². The second kappa shape index (κ2) is 9.32. The average Bonchev–Trinajstić information content (AvgIpc) is 3.14. The Labute approximate surface area is 165 Å². The van der Waals surface area contributed by atoms with Crippen LogP contribution in [-0.4, -0.2) is 23.6 Å². The second-order valence-corrected chi connectivity index (χ2v) is 6.18. The molecule has 0 unspecified atom stereocenters. The van der Waals surface area contributed by atoms with E-state index >= 15 is 0 Å². The highest BCUT2D eigenvalue weighted by atomic mass is 15.1. The number of H-pyrrole nitrogens is 1. The highest BCUT2D eigenvalue weighted by molar-refractivity contribution is 5.98. The summed E-state index contributed by atoms with van der Waals surface area (Å²) in [6.07, 6.45) is 10.4. The molecule has 6 heteroatoms. The summed E-state index contributed by atoms with van der Waals surface area (Å²) in [7, 11) is 0. The third kappa shape index (κ3) is 4.35. The largest absolute Gasteiger partial charge is 0.397 e. The number of aliphatic imine (C=N–C) groups is 2. The van der Waals surface area contributed by atoms with Crippen LogP contribution in [0.25, 0.3) is 16.5 Å². The third-order valence-electron chi connectivity index (χ3n) is 4.22. The third-order valence-corrected chi connectivity index (χ3v) is 4.22. The zero-order valence-corrected chi connectivity index (χ0v) is 16.4. The van der Waals surface area contributed by atoms with Crippen LogP contribution < -0.4 is 11.5 Å². The van der Waals surface area contributed by atoms with Gasteiger partial charge in [0, 0.05) is 11.0 Å². The Kier molecular flexibility index (Phi) is 6.87. The average molecular weight is 374 g/mol. The molecule has 0 aliphatic carbocycles. The fourth-order valence-electron chi connectivity index (χ4n) is 2.85. The van der Waals surface area contributed by atoms with Crippen LogP contribution in [0, 0.1) is 6.92 Å². The van der Waals surface area contributed by atoms with Crippen molar-refractivity contribution in [2.24, 2.45) is 21.5 Å². The van der Waals surface area contributed by atoms with E-state index in [0.29, 0.717) is 22.7 Å². The molecule has 5 N–H and O–H groups in total. The molecule has 0 atom stereocenters. The Balaban J connectivity index is 2.87. The van der Waals surface area contributed by atoms with E-state index in [4.69, 9.17) is 11.5 Å². The predicted octanol–water partition coefficient (Wildman–Crippen LogP) is 4.15. The number of hydrogen-bond donors (Lipinski definition) is 3. The lowest BCUT2D eigenvalue weighted by Crippen LogP contribution is -2.10. The summed E-state index contributed by atoms with van der Waals surface area (Å²) >= 11 is 0. The zero-order valence-electron chi connectivity index (χ0n) is 16.4. The van der Waals surface area contributed by atoms with Gasteiger partial charge in [0.1, 0.15) is 5.70 Å². The molecule has 0 aliphatic rings. The molecule has 0 saturated heterocycles. The van der Waals surface area contributed by atoms with Gasteiger partial charge in [-0.25, -0.2) is 0 Å². The minimum absolute atomic E-state index is 0.235. The Morgan fingerprint density at radius 3 is 2.61 bits per heavy atom. The van der Waals surface area contributed by atoms with Crippen LogP contribution in [-0.2, 0) is 0 Å². The first-order valence-corrected chi connectivity index (χ1v) is 8.84. The smallest absolute Gasteiger partial charge is 0.108 e. The Bertz CT molecular complexity index is 1030. The van der Waals surface area contributed by atoms with Crippen LogP contribution in [0.1, 0.15) is 24.5 Å². The molecule has 0 saturated carbocycles. The number of allylic oxidation sites excluding steroid dienone is 5. The number of nitrogens with one attached hydrogen (secondary N) is 1. The standard InChI is InChI=1S/C22H26N6/c1-6-7-8-9-16(25-4)12-17(21(24)22(26-5)15(3)23)20-14(2)10-11-19-18(20)13-27-28-19/h7-13H,3-6,23-24H2,1-2H3,(H,27,28)/b8-7-,16-9-,17-12-,22-21+. The van der Waals surface area contributed by atoms with E-state index in [0.717, 1.165) is 28.5 Å². The maximum absolute atomic E-state index is 6.49. The van der Waals surface area contributed by atoms with Gasteiger partial charge in [0.2, 0.25) is 0 Å². The van der Waals surface area contributed by atoms with Crippen molar-refractivity contribution in [1.29, 1.82) is 0 Å². The maximum Gasteiger partial charge on any atom is 0.108 e. The summed E-state index contributed by atoms with van der Waals surface area (Å²) in [4.78, 5) is 8.09. The van der Waals surface area contributed by atoms with Crippen molar-refractivity contribution in [3.05, 3.63) is 83.1 Å². The molecule has 0 radical (unpaired) electrons. The van der Waals surface area contributed by atoms with E-state index in [1.165, 1.54) is 0 Å². The van der Waals surface area contributed by atoms with Gasteiger partial charge in [0.05, 0.1) is 28.8 Å². The van der Waals surface area contributed by atoms with Crippen LogP contribution in [0.5, 0.6) is 0 Å². The van der Waals surface area contributed by atoms with Crippen molar-refractivity contribution in [2.45, 2.75) is 20.3 Å². The lowest BCUT2D eigenvalue weighted by atomic mass is 9.93. The van der Waals surface area contributed by atoms with Gasteiger partial charge in [0.15, 0.2) is 0 Å². The van der Waals surface area contributed by atoms with E-state index in [1.807, 2.05) is 43.4 Å². The Hall–Kier alpha value is -3.67. The highest BCUT2D eigenvalue weighted by Gasteiger charge is 2.17. The molecule has 0 spiro atoms. The molecule has 0 amide bonds. The molecule has 28 heavy (non-hydrogen) atoms. The topological polar surface area (TPSA) is 105 Å². The van der Waals surface area contributed by atoms with Crippen LogP contribution >= 0.6 is 0 Å². The molecule has 0 fully saturated rings.